The topological polar surface area (TPSA) is 35.5 Å². The van der Waals surface area contributed by atoms with Crippen molar-refractivity contribution in [2.24, 2.45) is 5.92 Å². The smallest absolute Gasteiger partial charge is 0.133 e. The van der Waals surface area contributed by atoms with Crippen molar-refractivity contribution in [3.63, 3.8) is 0 Å². The number of carbonyl (C=O) groups is 1. The predicted molar refractivity (Wildman–Crippen MR) is 128 cm³/mol. The summed E-state index contributed by atoms with van der Waals surface area (Å²) in [5.74, 6) is 2.44. The summed E-state index contributed by atoms with van der Waals surface area (Å²) in [4.78, 5) is 12.3. The van der Waals surface area contributed by atoms with Crippen LogP contribution in [0.25, 0.3) is 0 Å². The normalized spacial score (nSPS) is 18.2. The first-order valence-corrected chi connectivity index (χ1v) is 11.3. The van der Waals surface area contributed by atoms with Crippen LogP contribution in [0, 0.1) is 5.92 Å². The van der Waals surface area contributed by atoms with Gasteiger partial charge in [0.05, 0.1) is 0 Å². The standard InChI is InChI=1S/C29H30O3/c1-2-9-24-14-15-25(30)18-28(24)27-17-16-26(31-20-22-10-5-3-6-11-22)19-29(27)32-21-23-12-7-4-8-13-23/h2-8,10-13,16-17,19,24,28H,1,9,14-15,18,20-21H2. The van der Waals surface area contributed by atoms with E-state index in [-0.39, 0.29) is 5.92 Å². The molecule has 0 aliphatic heterocycles. The highest BCUT2D eigenvalue weighted by atomic mass is 16.5. The van der Waals surface area contributed by atoms with E-state index in [9.17, 15) is 4.79 Å². The van der Waals surface area contributed by atoms with E-state index in [4.69, 9.17) is 9.47 Å². The molecule has 1 aliphatic rings. The molecule has 3 nitrogen and oxygen atoms in total. The minimum absolute atomic E-state index is 0.142. The highest BCUT2D eigenvalue weighted by Crippen LogP contribution is 2.43. The van der Waals surface area contributed by atoms with Crippen molar-refractivity contribution in [1.29, 1.82) is 0 Å². The molecule has 3 aromatic carbocycles. The SMILES string of the molecule is C=CCC1CCC(=O)CC1c1ccc(OCc2ccccc2)cc1OCc1ccccc1. The largest absolute Gasteiger partial charge is 0.489 e. The third-order valence-corrected chi connectivity index (χ3v) is 6.15. The van der Waals surface area contributed by atoms with Crippen LogP contribution in [-0.4, -0.2) is 5.78 Å². The number of hydrogen-bond donors (Lipinski definition) is 0. The Kier molecular flexibility index (Phi) is 7.39. The van der Waals surface area contributed by atoms with Crippen molar-refractivity contribution in [3.05, 3.63) is 108 Å². The number of benzene rings is 3. The van der Waals surface area contributed by atoms with Gasteiger partial charge in [0, 0.05) is 18.9 Å². The fourth-order valence-corrected chi connectivity index (χ4v) is 4.43. The zero-order valence-electron chi connectivity index (χ0n) is 18.4. The monoisotopic (exact) mass is 426 g/mol. The van der Waals surface area contributed by atoms with Crippen LogP contribution in [0.15, 0.2) is 91.5 Å². The second kappa shape index (κ2) is 10.8. The van der Waals surface area contributed by atoms with Crippen molar-refractivity contribution < 1.29 is 14.3 Å². The Morgan fingerprint density at radius 1 is 0.875 bits per heavy atom. The minimum atomic E-state index is 0.142. The average molecular weight is 427 g/mol. The number of Topliss-reactive ketones (excluding diaryl/α,β-unsaturated/α-hetero) is 1. The lowest BCUT2D eigenvalue weighted by molar-refractivity contribution is -0.121. The van der Waals surface area contributed by atoms with Gasteiger partial charge in [-0.15, -0.1) is 6.58 Å². The molecule has 0 saturated heterocycles. The molecule has 4 rings (SSSR count). The molecule has 3 aromatic rings. The highest BCUT2D eigenvalue weighted by molar-refractivity contribution is 5.80. The Bertz CT molecular complexity index is 1030. The number of allylic oxidation sites excluding steroid dienone is 1. The van der Waals surface area contributed by atoms with E-state index >= 15 is 0 Å². The number of ketones is 1. The molecule has 32 heavy (non-hydrogen) atoms. The van der Waals surface area contributed by atoms with Gasteiger partial charge in [-0.25, -0.2) is 0 Å². The van der Waals surface area contributed by atoms with E-state index in [0.29, 0.717) is 37.8 Å². The van der Waals surface area contributed by atoms with Gasteiger partial charge in [-0.1, -0.05) is 72.8 Å². The van der Waals surface area contributed by atoms with Crippen molar-refractivity contribution in [2.75, 3.05) is 0 Å². The molecule has 0 heterocycles. The van der Waals surface area contributed by atoms with E-state index in [1.165, 1.54) is 0 Å². The molecular weight excluding hydrogens is 396 g/mol. The lowest BCUT2D eigenvalue weighted by Crippen LogP contribution is -2.23. The van der Waals surface area contributed by atoms with Gasteiger partial charge in [-0.05, 0) is 47.4 Å². The predicted octanol–water partition coefficient (Wildman–Crippen LogP) is 6.87. The van der Waals surface area contributed by atoms with Crippen LogP contribution in [0.5, 0.6) is 11.5 Å². The van der Waals surface area contributed by atoms with Crippen LogP contribution < -0.4 is 9.47 Å². The maximum atomic E-state index is 12.3. The van der Waals surface area contributed by atoms with E-state index in [2.05, 4.69) is 36.9 Å². The first-order chi connectivity index (χ1) is 15.7. The average Bonchev–Trinajstić information content (AvgIpc) is 2.84. The van der Waals surface area contributed by atoms with Gasteiger partial charge in [0.1, 0.15) is 30.5 Å². The molecule has 1 fully saturated rings. The quantitative estimate of drug-likeness (QED) is 0.350. The minimum Gasteiger partial charge on any atom is -0.489 e. The second-order valence-corrected chi connectivity index (χ2v) is 8.42. The van der Waals surface area contributed by atoms with Crippen molar-refractivity contribution >= 4 is 5.78 Å². The van der Waals surface area contributed by atoms with Crippen LogP contribution in [-0.2, 0) is 18.0 Å². The Labute approximate surface area is 190 Å². The zero-order chi connectivity index (χ0) is 22.2. The van der Waals surface area contributed by atoms with Crippen LogP contribution in [0.4, 0.5) is 0 Å². The zero-order valence-corrected chi connectivity index (χ0v) is 18.4. The summed E-state index contributed by atoms with van der Waals surface area (Å²) in [6, 6.07) is 26.3. The van der Waals surface area contributed by atoms with Gasteiger partial charge in [-0.3, -0.25) is 4.79 Å². The molecule has 0 amide bonds. The Morgan fingerprint density at radius 3 is 2.19 bits per heavy atom. The molecule has 3 heteroatoms. The first-order valence-electron chi connectivity index (χ1n) is 11.3. The highest BCUT2D eigenvalue weighted by Gasteiger charge is 2.31. The van der Waals surface area contributed by atoms with Gasteiger partial charge < -0.3 is 9.47 Å². The lowest BCUT2D eigenvalue weighted by atomic mass is 9.73. The second-order valence-electron chi connectivity index (χ2n) is 8.42. The number of carbonyl (C=O) groups excluding carboxylic acids is 1. The number of rotatable bonds is 9. The van der Waals surface area contributed by atoms with Crippen molar-refractivity contribution in [1.82, 2.24) is 0 Å². The molecule has 0 spiro atoms. The molecule has 2 atom stereocenters. The van der Waals surface area contributed by atoms with Gasteiger partial charge in [0.2, 0.25) is 0 Å². The molecule has 0 aromatic heterocycles. The first kappa shape index (κ1) is 21.9. The summed E-state index contributed by atoms with van der Waals surface area (Å²) in [7, 11) is 0. The summed E-state index contributed by atoms with van der Waals surface area (Å²) >= 11 is 0. The van der Waals surface area contributed by atoms with Crippen LogP contribution >= 0.6 is 0 Å². The van der Waals surface area contributed by atoms with Crippen LogP contribution in [0.3, 0.4) is 0 Å². The summed E-state index contributed by atoms with van der Waals surface area (Å²) in [5, 5.41) is 0. The molecule has 164 valence electrons. The number of hydrogen-bond acceptors (Lipinski definition) is 3. The van der Waals surface area contributed by atoms with Gasteiger partial charge >= 0.3 is 0 Å². The molecule has 0 bridgehead atoms. The third-order valence-electron chi connectivity index (χ3n) is 6.15. The van der Waals surface area contributed by atoms with E-state index in [1.54, 1.807) is 0 Å². The summed E-state index contributed by atoms with van der Waals surface area (Å²) in [6.07, 6.45) is 5.00. The Morgan fingerprint density at radius 2 is 1.53 bits per heavy atom. The van der Waals surface area contributed by atoms with E-state index in [0.717, 1.165) is 41.0 Å². The Balaban J connectivity index is 1.59. The summed E-state index contributed by atoms with van der Waals surface area (Å²) in [6.45, 7) is 4.91. The maximum Gasteiger partial charge on any atom is 0.133 e. The fourth-order valence-electron chi connectivity index (χ4n) is 4.43. The van der Waals surface area contributed by atoms with E-state index in [1.807, 2.05) is 54.6 Å². The third kappa shape index (κ3) is 5.67. The number of ether oxygens (including phenoxy) is 2. The van der Waals surface area contributed by atoms with Crippen molar-refractivity contribution in [2.45, 2.75) is 44.8 Å². The molecule has 2 unspecified atom stereocenters. The molecule has 1 saturated carbocycles. The molecule has 0 N–H and O–H groups in total. The molecular formula is C29H30O3. The Hall–Kier alpha value is -3.33. The summed E-state index contributed by atoms with van der Waals surface area (Å²) < 4.78 is 12.4. The van der Waals surface area contributed by atoms with Crippen molar-refractivity contribution in [3.8, 4) is 11.5 Å². The van der Waals surface area contributed by atoms with Crippen LogP contribution in [0.1, 0.15) is 48.3 Å². The van der Waals surface area contributed by atoms with E-state index < -0.39 is 0 Å². The summed E-state index contributed by atoms with van der Waals surface area (Å²) in [5.41, 5.74) is 3.32. The molecule has 1 aliphatic carbocycles. The van der Waals surface area contributed by atoms with Gasteiger partial charge in [-0.2, -0.15) is 0 Å². The fraction of sp³-hybridized carbons (Fsp3) is 0.276. The van der Waals surface area contributed by atoms with Crippen LogP contribution in [0.2, 0.25) is 0 Å². The van der Waals surface area contributed by atoms with Gasteiger partial charge in [0.25, 0.3) is 0 Å². The maximum absolute atomic E-state index is 12.3. The van der Waals surface area contributed by atoms with Gasteiger partial charge in [0.15, 0.2) is 0 Å². The molecule has 0 radical (unpaired) electrons. The lowest BCUT2D eigenvalue weighted by Gasteiger charge is -2.32.